The summed E-state index contributed by atoms with van der Waals surface area (Å²) in [5.74, 6) is 0. The molecule has 0 fully saturated rings. The second-order valence-electron chi connectivity index (χ2n) is 1.44. The van der Waals surface area contributed by atoms with E-state index in [1.165, 1.54) is 6.20 Å². The highest BCUT2D eigenvalue weighted by atomic mass is 35.5. The van der Waals surface area contributed by atoms with Crippen LogP contribution in [0.25, 0.3) is 0 Å². The number of aromatic nitrogens is 1. The summed E-state index contributed by atoms with van der Waals surface area (Å²) in [7, 11) is 0. The normalized spacial score (nSPS) is 9.00. The Balaban J connectivity index is 3.15. The minimum atomic E-state index is 0.166. The van der Waals surface area contributed by atoms with E-state index in [1.54, 1.807) is 18.4 Å². The van der Waals surface area contributed by atoms with Crippen molar-refractivity contribution in [1.29, 1.82) is 0 Å². The number of hydrogen-bond acceptors (Lipinski definition) is 2. The Kier molecular flexibility index (Phi) is 1.80. The zero-order valence-electron chi connectivity index (χ0n) is 4.47. The van der Waals surface area contributed by atoms with Gasteiger partial charge in [0.25, 0.3) is 6.29 Å². The molecule has 1 rings (SSSR count). The summed E-state index contributed by atoms with van der Waals surface area (Å²) in [5.41, 5.74) is 0.166. The van der Waals surface area contributed by atoms with Gasteiger partial charge in [0.05, 0.1) is 5.02 Å². The van der Waals surface area contributed by atoms with E-state index in [4.69, 9.17) is 11.6 Å². The highest BCUT2D eigenvalue weighted by Gasteiger charge is 1.96. The van der Waals surface area contributed by atoms with Gasteiger partial charge in [-0.05, 0) is 12.1 Å². The first kappa shape index (κ1) is 6.23. The fourth-order valence-electron chi connectivity index (χ4n) is 0.461. The molecule has 45 valence electrons. The van der Waals surface area contributed by atoms with Crippen LogP contribution in [0.4, 0.5) is 0 Å². The SMILES string of the molecule is O=[C]c1ncccc1Cl. The van der Waals surface area contributed by atoms with E-state index in [-0.39, 0.29) is 5.69 Å². The lowest BCUT2D eigenvalue weighted by Crippen LogP contribution is -1.85. The molecule has 1 radical (unpaired) electrons. The quantitative estimate of drug-likeness (QED) is 0.587. The van der Waals surface area contributed by atoms with Crippen LogP contribution in [0, 0.1) is 0 Å². The third-order valence-corrected chi connectivity index (χ3v) is 1.16. The Labute approximate surface area is 57.5 Å². The summed E-state index contributed by atoms with van der Waals surface area (Å²) in [4.78, 5) is 13.6. The molecule has 0 aliphatic heterocycles. The van der Waals surface area contributed by atoms with Gasteiger partial charge in [0.2, 0.25) is 0 Å². The molecule has 1 aromatic rings. The monoisotopic (exact) mass is 140 g/mol. The molecule has 0 aliphatic carbocycles. The van der Waals surface area contributed by atoms with Crippen molar-refractivity contribution in [2.75, 3.05) is 0 Å². The van der Waals surface area contributed by atoms with Crippen LogP contribution >= 0.6 is 11.6 Å². The Hall–Kier alpha value is -0.890. The zero-order chi connectivity index (χ0) is 6.69. The first-order chi connectivity index (χ1) is 4.34. The van der Waals surface area contributed by atoms with Crippen molar-refractivity contribution >= 4 is 17.9 Å². The van der Waals surface area contributed by atoms with E-state index in [0.717, 1.165) is 0 Å². The smallest absolute Gasteiger partial charge is 0.255 e. The van der Waals surface area contributed by atoms with Gasteiger partial charge >= 0.3 is 0 Å². The number of pyridine rings is 1. The Morgan fingerprint density at radius 2 is 2.44 bits per heavy atom. The Bertz CT molecular complexity index is 224. The van der Waals surface area contributed by atoms with Crippen molar-refractivity contribution in [1.82, 2.24) is 4.98 Å². The average molecular weight is 141 g/mol. The number of halogens is 1. The maximum Gasteiger partial charge on any atom is 0.255 e. The van der Waals surface area contributed by atoms with Crippen LogP contribution in [0.15, 0.2) is 18.3 Å². The van der Waals surface area contributed by atoms with E-state index >= 15 is 0 Å². The second-order valence-corrected chi connectivity index (χ2v) is 1.84. The molecule has 0 saturated carbocycles. The van der Waals surface area contributed by atoms with Gasteiger partial charge in [0, 0.05) is 6.20 Å². The van der Waals surface area contributed by atoms with Gasteiger partial charge in [-0.15, -0.1) is 0 Å². The highest BCUT2D eigenvalue weighted by molar-refractivity contribution is 6.32. The molecule has 0 aromatic carbocycles. The summed E-state index contributed by atoms with van der Waals surface area (Å²) in [6, 6.07) is 3.25. The Morgan fingerprint density at radius 1 is 1.67 bits per heavy atom. The summed E-state index contributed by atoms with van der Waals surface area (Å²) in [6.45, 7) is 0. The lowest BCUT2D eigenvalue weighted by Gasteiger charge is -1.88. The van der Waals surface area contributed by atoms with Gasteiger partial charge in [0.1, 0.15) is 5.69 Å². The van der Waals surface area contributed by atoms with E-state index in [2.05, 4.69) is 4.98 Å². The molecule has 2 nitrogen and oxygen atoms in total. The van der Waals surface area contributed by atoms with Crippen LogP contribution in [-0.4, -0.2) is 11.3 Å². The van der Waals surface area contributed by atoms with Gasteiger partial charge < -0.3 is 0 Å². The molecule has 0 atom stereocenters. The average Bonchev–Trinajstić information content (AvgIpc) is 1.89. The molecule has 0 unspecified atom stereocenters. The first-order valence-electron chi connectivity index (χ1n) is 2.33. The topological polar surface area (TPSA) is 30.0 Å². The van der Waals surface area contributed by atoms with Crippen molar-refractivity contribution in [3.63, 3.8) is 0 Å². The molecule has 0 amide bonds. The molecule has 0 saturated heterocycles. The van der Waals surface area contributed by atoms with Crippen LogP contribution in [0.1, 0.15) is 5.69 Å². The van der Waals surface area contributed by atoms with E-state index in [9.17, 15) is 4.79 Å². The molecular weight excluding hydrogens is 138 g/mol. The maximum absolute atomic E-state index is 9.96. The predicted molar refractivity (Wildman–Crippen MR) is 34.0 cm³/mol. The van der Waals surface area contributed by atoms with Gasteiger partial charge in [-0.3, -0.25) is 9.78 Å². The first-order valence-corrected chi connectivity index (χ1v) is 2.71. The molecule has 0 aliphatic rings. The van der Waals surface area contributed by atoms with Gasteiger partial charge in [-0.2, -0.15) is 0 Å². The molecule has 9 heavy (non-hydrogen) atoms. The van der Waals surface area contributed by atoms with Crippen molar-refractivity contribution in [3.05, 3.63) is 29.0 Å². The van der Waals surface area contributed by atoms with Gasteiger partial charge in [-0.25, -0.2) is 0 Å². The highest BCUT2D eigenvalue weighted by Crippen LogP contribution is 2.08. The summed E-state index contributed by atoms with van der Waals surface area (Å²) >= 11 is 5.50. The van der Waals surface area contributed by atoms with Crippen molar-refractivity contribution < 1.29 is 4.79 Å². The lowest BCUT2D eigenvalue weighted by atomic mass is 10.4. The number of hydrogen-bond donors (Lipinski definition) is 0. The second kappa shape index (κ2) is 2.60. The van der Waals surface area contributed by atoms with Crippen LogP contribution in [0.2, 0.25) is 5.02 Å². The molecule has 0 N–H and O–H groups in total. The Morgan fingerprint density at radius 3 is 2.89 bits per heavy atom. The molecule has 3 heteroatoms. The fraction of sp³-hybridized carbons (Fsp3) is 0. The number of nitrogens with zero attached hydrogens (tertiary/aromatic N) is 1. The number of rotatable bonds is 1. The van der Waals surface area contributed by atoms with Gasteiger partial charge in [-0.1, -0.05) is 11.6 Å². The third-order valence-electron chi connectivity index (χ3n) is 0.855. The summed E-state index contributed by atoms with van der Waals surface area (Å²) < 4.78 is 0. The van der Waals surface area contributed by atoms with Crippen LogP contribution < -0.4 is 0 Å². The molecule has 1 heterocycles. The van der Waals surface area contributed by atoms with Crippen LogP contribution in [0.3, 0.4) is 0 Å². The largest absolute Gasteiger partial charge is 0.283 e. The minimum Gasteiger partial charge on any atom is -0.283 e. The maximum atomic E-state index is 9.96. The van der Waals surface area contributed by atoms with E-state index < -0.39 is 0 Å². The lowest BCUT2D eigenvalue weighted by molar-refractivity contribution is 0.561. The summed E-state index contributed by atoms with van der Waals surface area (Å²) in [5, 5.41) is 0.340. The van der Waals surface area contributed by atoms with E-state index in [1.807, 2.05) is 0 Å². The van der Waals surface area contributed by atoms with Crippen LogP contribution in [-0.2, 0) is 4.79 Å². The number of carbonyl (C=O) groups excluding carboxylic acids is 1. The third kappa shape index (κ3) is 1.27. The standard InChI is InChI=1S/C6H3ClNO/c7-5-2-1-3-8-6(5)4-9/h1-3H. The molecule has 1 aromatic heterocycles. The zero-order valence-corrected chi connectivity index (χ0v) is 5.22. The minimum absolute atomic E-state index is 0.166. The fourth-order valence-corrected chi connectivity index (χ4v) is 0.621. The van der Waals surface area contributed by atoms with Crippen molar-refractivity contribution in [2.45, 2.75) is 0 Å². The van der Waals surface area contributed by atoms with Gasteiger partial charge in [0.15, 0.2) is 0 Å². The molecule has 0 bridgehead atoms. The van der Waals surface area contributed by atoms with Crippen molar-refractivity contribution in [2.24, 2.45) is 0 Å². The molecule has 0 spiro atoms. The summed E-state index contributed by atoms with van der Waals surface area (Å²) in [6.07, 6.45) is 3.09. The predicted octanol–water partition coefficient (Wildman–Crippen LogP) is 1.19. The van der Waals surface area contributed by atoms with Crippen LogP contribution in [0.5, 0.6) is 0 Å². The van der Waals surface area contributed by atoms with Crippen molar-refractivity contribution in [3.8, 4) is 0 Å². The van der Waals surface area contributed by atoms with E-state index in [0.29, 0.717) is 5.02 Å². The molecular formula is C6H3ClNO.